The van der Waals surface area contributed by atoms with E-state index in [4.69, 9.17) is 4.98 Å². The van der Waals surface area contributed by atoms with Crippen molar-refractivity contribution < 1.29 is 4.92 Å². The molecule has 28 heavy (non-hydrogen) atoms. The molecule has 0 bridgehead atoms. The molecule has 0 saturated heterocycles. The average Bonchev–Trinajstić information content (AvgIpc) is 2.65. The summed E-state index contributed by atoms with van der Waals surface area (Å²) in [6.07, 6.45) is 3.06. The Balaban J connectivity index is 0.00000225. The minimum absolute atomic E-state index is 0. The molecule has 0 amide bonds. The predicted octanol–water partition coefficient (Wildman–Crippen LogP) is 6.38. The fourth-order valence-electron chi connectivity index (χ4n) is 4.21. The van der Waals surface area contributed by atoms with Crippen molar-refractivity contribution >= 4 is 29.0 Å². The maximum Gasteiger partial charge on any atom is 0.270 e. The minimum atomic E-state index is -0.328. The number of hydrogen-bond acceptors (Lipinski definition) is 3. The number of benzene rings is 2. The molecule has 146 valence electrons. The summed E-state index contributed by atoms with van der Waals surface area (Å²) >= 11 is 0. The monoisotopic (exact) mass is 396 g/mol. The number of aromatic nitrogens is 1. The molecule has 2 aromatic carbocycles. The molecule has 1 aromatic heterocycles. The van der Waals surface area contributed by atoms with Crippen LogP contribution in [0, 0.1) is 21.4 Å². The molecule has 0 spiro atoms. The number of nitro benzene ring substituents is 1. The fraction of sp³-hybridized carbons (Fsp3) is 0.348. The topological polar surface area (TPSA) is 56.0 Å². The summed E-state index contributed by atoms with van der Waals surface area (Å²) in [5, 5.41) is 12.2. The van der Waals surface area contributed by atoms with Crippen LogP contribution in [0.4, 0.5) is 5.69 Å². The van der Waals surface area contributed by atoms with E-state index in [1.165, 1.54) is 5.56 Å². The average molecular weight is 397 g/mol. The van der Waals surface area contributed by atoms with Crippen LogP contribution in [0.5, 0.6) is 0 Å². The SMILES string of the molecule is CC(C)(C)C1CCc2nc3ccc([N+](=O)[O-])cc3c(-c3ccccc3)c2C1.Cl. The van der Waals surface area contributed by atoms with E-state index in [0.717, 1.165) is 47.0 Å². The molecule has 4 rings (SSSR count). The molecule has 1 aliphatic rings. The molecule has 1 unspecified atom stereocenters. The summed E-state index contributed by atoms with van der Waals surface area (Å²) in [6, 6.07) is 15.3. The van der Waals surface area contributed by atoms with E-state index in [2.05, 4.69) is 32.9 Å². The van der Waals surface area contributed by atoms with Crippen LogP contribution in [-0.2, 0) is 12.8 Å². The zero-order chi connectivity index (χ0) is 19.2. The molecule has 4 nitrogen and oxygen atoms in total. The van der Waals surface area contributed by atoms with Crippen molar-refractivity contribution in [2.45, 2.75) is 40.0 Å². The lowest BCUT2D eigenvalue weighted by Crippen LogP contribution is -2.28. The molecule has 0 saturated carbocycles. The number of hydrogen-bond donors (Lipinski definition) is 0. The zero-order valence-corrected chi connectivity index (χ0v) is 17.3. The van der Waals surface area contributed by atoms with Gasteiger partial charge in [-0.05, 0) is 53.4 Å². The van der Waals surface area contributed by atoms with Crippen molar-refractivity contribution in [1.82, 2.24) is 4.98 Å². The Bertz CT molecular complexity index is 1030. The van der Waals surface area contributed by atoms with E-state index in [1.54, 1.807) is 18.2 Å². The Morgan fingerprint density at radius 2 is 1.82 bits per heavy atom. The lowest BCUT2D eigenvalue weighted by molar-refractivity contribution is -0.384. The summed E-state index contributed by atoms with van der Waals surface area (Å²) in [4.78, 5) is 15.9. The highest BCUT2D eigenvalue weighted by Gasteiger charge is 2.31. The summed E-state index contributed by atoms with van der Waals surface area (Å²) in [6.45, 7) is 6.89. The summed E-state index contributed by atoms with van der Waals surface area (Å²) in [7, 11) is 0. The first-order chi connectivity index (χ1) is 12.8. The number of nitrogens with zero attached hydrogens (tertiary/aromatic N) is 2. The molecule has 5 heteroatoms. The van der Waals surface area contributed by atoms with Crippen LogP contribution in [0.3, 0.4) is 0 Å². The van der Waals surface area contributed by atoms with E-state index in [9.17, 15) is 10.1 Å². The summed E-state index contributed by atoms with van der Waals surface area (Å²) in [5.74, 6) is 0.574. The van der Waals surface area contributed by atoms with Gasteiger partial charge in [0.1, 0.15) is 0 Å². The van der Waals surface area contributed by atoms with Gasteiger partial charge < -0.3 is 0 Å². The van der Waals surface area contributed by atoms with E-state index in [-0.39, 0.29) is 28.4 Å². The second kappa shape index (κ2) is 7.51. The van der Waals surface area contributed by atoms with Crippen LogP contribution in [-0.4, -0.2) is 9.91 Å². The van der Waals surface area contributed by atoms with Crippen LogP contribution in [0.2, 0.25) is 0 Å². The van der Waals surface area contributed by atoms with Crippen molar-refractivity contribution in [3.63, 3.8) is 0 Å². The second-order valence-electron chi connectivity index (χ2n) is 8.54. The highest BCUT2D eigenvalue weighted by atomic mass is 35.5. The van der Waals surface area contributed by atoms with Crippen LogP contribution in [0.1, 0.15) is 38.4 Å². The van der Waals surface area contributed by atoms with Gasteiger partial charge in [-0.3, -0.25) is 15.1 Å². The van der Waals surface area contributed by atoms with E-state index < -0.39 is 0 Å². The van der Waals surface area contributed by atoms with Gasteiger partial charge in [-0.2, -0.15) is 0 Å². The van der Waals surface area contributed by atoms with Gasteiger partial charge in [-0.25, -0.2) is 0 Å². The third kappa shape index (κ3) is 3.61. The quantitative estimate of drug-likeness (QED) is 0.373. The highest BCUT2D eigenvalue weighted by molar-refractivity contribution is 5.98. The molecule has 0 fully saturated rings. The Morgan fingerprint density at radius 1 is 1.11 bits per heavy atom. The molecule has 3 aromatic rings. The number of nitro groups is 1. The molecule has 1 atom stereocenters. The summed E-state index contributed by atoms with van der Waals surface area (Å²) in [5.41, 5.74) is 5.82. The Hall–Kier alpha value is -2.46. The predicted molar refractivity (Wildman–Crippen MR) is 116 cm³/mol. The number of non-ortho nitro benzene ring substituents is 1. The Labute approximate surface area is 171 Å². The number of pyridine rings is 1. The van der Waals surface area contributed by atoms with Crippen molar-refractivity contribution in [3.8, 4) is 11.1 Å². The highest BCUT2D eigenvalue weighted by Crippen LogP contribution is 2.43. The smallest absolute Gasteiger partial charge is 0.258 e. The van der Waals surface area contributed by atoms with Gasteiger partial charge in [-0.15, -0.1) is 12.4 Å². The lowest BCUT2D eigenvalue weighted by Gasteiger charge is -2.35. The second-order valence-corrected chi connectivity index (χ2v) is 8.54. The third-order valence-electron chi connectivity index (χ3n) is 5.83. The van der Waals surface area contributed by atoms with Crippen molar-refractivity contribution in [1.29, 1.82) is 0 Å². The first kappa shape index (κ1) is 20.3. The molecule has 0 N–H and O–H groups in total. The number of fused-ring (bicyclic) bond motifs is 2. The van der Waals surface area contributed by atoms with Crippen molar-refractivity contribution in [2.24, 2.45) is 11.3 Å². The third-order valence-corrected chi connectivity index (χ3v) is 5.83. The molecule has 0 aliphatic heterocycles. The molecular weight excluding hydrogens is 372 g/mol. The van der Waals surface area contributed by atoms with Crippen LogP contribution >= 0.6 is 12.4 Å². The van der Waals surface area contributed by atoms with E-state index >= 15 is 0 Å². The number of rotatable bonds is 2. The first-order valence-corrected chi connectivity index (χ1v) is 9.50. The Morgan fingerprint density at radius 3 is 2.46 bits per heavy atom. The van der Waals surface area contributed by atoms with Crippen molar-refractivity contribution in [2.75, 3.05) is 0 Å². The largest absolute Gasteiger partial charge is 0.270 e. The van der Waals surface area contributed by atoms with Crippen LogP contribution < -0.4 is 0 Å². The minimum Gasteiger partial charge on any atom is -0.258 e. The lowest BCUT2D eigenvalue weighted by atomic mass is 9.70. The van der Waals surface area contributed by atoms with E-state index in [1.807, 2.05) is 18.2 Å². The first-order valence-electron chi connectivity index (χ1n) is 9.50. The summed E-state index contributed by atoms with van der Waals surface area (Å²) < 4.78 is 0. The van der Waals surface area contributed by atoms with Gasteiger partial charge in [-0.1, -0.05) is 51.1 Å². The molecule has 1 heterocycles. The van der Waals surface area contributed by atoms with Gasteiger partial charge in [0.15, 0.2) is 0 Å². The van der Waals surface area contributed by atoms with Crippen LogP contribution in [0.15, 0.2) is 48.5 Å². The number of halogens is 1. The number of aryl methyl sites for hydroxylation is 1. The van der Waals surface area contributed by atoms with Gasteiger partial charge >= 0.3 is 0 Å². The van der Waals surface area contributed by atoms with Crippen LogP contribution in [0.25, 0.3) is 22.0 Å². The van der Waals surface area contributed by atoms with Gasteiger partial charge in [0.2, 0.25) is 0 Å². The van der Waals surface area contributed by atoms with Gasteiger partial charge in [0, 0.05) is 23.2 Å². The molecule has 1 aliphatic carbocycles. The van der Waals surface area contributed by atoms with E-state index in [0.29, 0.717) is 5.92 Å². The molecule has 0 radical (unpaired) electrons. The maximum absolute atomic E-state index is 11.3. The van der Waals surface area contributed by atoms with Gasteiger partial charge in [0.05, 0.1) is 10.4 Å². The zero-order valence-electron chi connectivity index (χ0n) is 16.4. The van der Waals surface area contributed by atoms with Crippen molar-refractivity contribution in [3.05, 3.63) is 69.9 Å². The molecular formula is C23H25ClN2O2. The normalized spacial score (nSPS) is 16.3. The van der Waals surface area contributed by atoms with Gasteiger partial charge in [0.25, 0.3) is 5.69 Å². The maximum atomic E-state index is 11.3. The Kier molecular flexibility index (Phi) is 5.44. The standard InChI is InChI=1S/C23H24N2O2.ClH/c1-23(2,3)16-9-11-20-18(13-16)22(15-7-5-4-6-8-15)19-14-17(25(26)27)10-12-21(19)24-20;/h4-8,10,12,14,16H,9,11,13H2,1-3H3;1H. The fourth-order valence-corrected chi connectivity index (χ4v) is 4.21.